The molecule has 148 valence electrons. The molecule has 0 spiro atoms. The number of piperidine rings is 1. The molecule has 2 aliphatic heterocycles. The van der Waals surface area contributed by atoms with Crippen LogP contribution in [0.3, 0.4) is 0 Å². The highest BCUT2D eigenvalue weighted by molar-refractivity contribution is 14.0. The summed E-state index contributed by atoms with van der Waals surface area (Å²) in [6.45, 7) is 17.1. The SMILES string of the molecule is CCNC(=NCC1CCN(CC)C1)NCCCN1CCC(C)CC1.I. The molecule has 1 atom stereocenters. The Kier molecular flexibility index (Phi) is 12.1. The van der Waals surface area contributed by atoms with Crippen molar-refractivity contribution in [2.24, 2.45) is 16.8 Å². The molecule has 1 unspecified atom stereocenters. The van der Waals surface area contributed by atoms with Crippen molar-refractivity contribution in [1.29, 1.82) is 0 Å². The fraction of sp³-hybridized carbons (Fsp3) is 0.947. The smallest absolute Gasteiger partial charge is 0.191 e. The summed E-state index contributed by atoms with van der Waals surface area (Å²) in [6, 6.07) is 0. The van der Waals surface area contributed by atoms with Gasteiger partial charge in [0.05, 0.1) is 0 Å². The molecule has 2 N–H and O–H groups in total. The highest BCUT2D eigenvalue weighted by Gasteiger charge is 2.20. The van der Waals surface area contributed by atoms with E-state index >= 15 is 0 Å². The maximum Gasteiger partial charge on any atom is 0.191 e. The van der Waals surface area contributed by atoms with Gasteiger partial charge in [-0.3, -0.25) is 4.99 Å². The number of nitrogens with one attached hydrogen (secondary N) is 2. The van der Waals surface area contributed by atoms with Crippen LogP contribution in [0.1, 0.15) is 46.5 Å². The Bertz CT molecular complexity index is 369. The minimum atomic E-state index is 0. The molecule has 2 fully saturated rings. The van der Waals surface area contributed by atoms with Crippen LogP contribution in [0.15, 0.2) is 4.99 Å². The van der Waals surface area contributed by atoms with Gasteiger partial charge in [0.15, 0.2) is 5.96 Å². The van der Waals surface area contributed by atoms with E-state index in [-0.39, 0.29) is 24.0 Å². The Morgan fingerprint density at radius 2 is 1.76 bits per heavy atom. The lowest BCUT2D eigenvalue weighted by molar-refractivity contribution is 0.191. The monoisotopic (exact) mass is 465 g/mol. The van der Waals surface area contributed by atoms with Crippen molar-refractivity contribution in [3.8, 4) is 0 Å². The number of hydrogen-bond donors (Lipinski definition) is 2. The Labute approximate surface area is 172 Å². The maximum absolute atomic E-state index is 4.81. The lowest BCUT2D eigenvalue weighted by atomic mass is 9.99. The molecular formula is C19H40IN5. The Morgan fingerprint density at radius 1 is 1.04 bits per heavy atom. The number of halogens is 1. The number of aliphatic imine (C=N–C) groups is 1. The van der Waals surface area contributed by atoms with Crippen LogP contribution in [0.25, 0.3) is 0 Å². The lowest BCUT2D eigenvalue weighted by Gasteiger charge is -2.30. The van der Waals surface area contributed by atoms with E-state index in [2.05, 4.69) is 41.2 Å². The molecule has 2 heterocycles. The number of likely N-dealkylation sites (tertiary alicyclic amines) is 2. The van der Waals surface area contributed by atoms with Gasteiger partial charge in [-0.15, -0.1) is 24.0 Å². The van der Waals surface area contributed by atoms with E-state index in [1.165, 1.54) is 65.0 Å². The van der Waals surface area contributed by atoms with Gasteiger partial charge in [0.2, 0.25) is 0 Å². The summed E-state index contributed by atoms with van der Waals surface area (Å²) in [5.74, 6) is 2.65. The fourth-order valence-electron chi connectivity index (χ4n) is 3.71. The first kappa shape index (κ1) is 23.0. The van der Waals surface area contributed by atoms with Gasteiger partial charge < -0.3 is 20.4 Å². The molecule has 2 aliphatic rings. The van der Waals surface area contributed by atoms with E-state index in [9.17, 15) is 0 Å². The van der Waals surface area contributed by atoms with Crippen molar-refractivity contribution in [2.75, 3.05) is 58.9 Å². The predicted molar refractivity (Wildman–Crippen MR) is 119 cm³/mol. The van der Waals surface area contributed by atoms with Crippen molar-refractivity contribution in [3.63, 3.8) is 0 Å². The van der Waals surface area contributed by atoms with Crippen LogP contribution in [-0.2, 0) is 0 Å². The first-order valence-electron chi connectivity index (χ1n) is 10.2. The molecule has 0 aromatic carbocycles. The molecule has 0 aromatic heterocycles. The third kappa shape index (κ3) is 8.91. The van der Waals surface area contributed by atoms with Crippen LogP contribution in [0.4, 0.5) is 0 Å². The number of guanidine groups is 1. The predicted octanol–water partition coefficient (Wildman–Crippen LogP) is 2.62. The molecule has 25 heavy (non-hydrogen) atoms. The third-order valence-corrected chi connectivity index (χ3v) is 5.49. The summed E-state index contributed by atoms with van der Waals surface area (Å²) >= 11 is 0. The van der Waals surface area contributed by atoms with Crippen molar-refractivity contribution >= 4 is 29.9 Å². The van der Waals surface area contributed by atoms with Gasteiger partial charge in [0.25, 0.3) is 0 Å². The normalized spacial score (nSPS) is 23.5. The molecule has 0 radical (unpaired) electrons. The average molecular weight is 465 g/mol. The van der Waals surface area contributed by atoms with Crippen LogP contribution in [0, 0.1) is 11.8 Å². The lowest BCUT2D eigenvalue weighted by Crippen LogP contribution is -2.40. The molecule has 6 heteroatoms. The molecule has 0 amide bonds. The van der Waals surface area contributed by atoms with E-state index in [0.717, 1.165) is 37.4 Å². The molecule has 5 nitrogen and oxygen atoms in total. The summed E-state index contributed by atoms with van der Waals surface area (Å²) in [7, 11) is 0. The van der Waals surface area contributed by atoms with Crippen molar-refractivity contribution in [2.45, 2.75) is 46.5 Å². The quantitative estimate of drug-likeness (QED) is 0.250. The zero-order valence-corrected chi connectivity index (χ0v) is 18.9. The number of hydrogen-bond acceptors (Lipinski definition) is 3. The largest absolute Gasteiger partial charge is 0.357 e. The highest BCUT2D eigenvalue weighted by atomic mass is 127. The van der Waals surface area contributed by atoms with Crippen molar-refractivity contribution < 1.29 is 0 Å². The molecule has 0 saturated carbocycles. The summed E-state index contributed by atoms with van der Waals surface area (Å²) in [6.07, 6.45) is 5.23. The van der Waals surface area contributed by atoms with Crippen LogP contribution in [-0.4, -0.2) is 74.7 Å². The fourth-order valence-corrected chi connectivity index (χ4v) is 3.71. The summed E-state index contributed by atoms with van der Waals surface area (Å²) < 4.78 is 0. The van der Waals surface area contributed by atoms with Crippen LogP contribution in [0.5, 0.6) is 0 Å². The van der Waals surface area contributed by atoms with Gasteiger partial charge in [0, 0.05) is 26.2 Å². The van der Waals surface area contributed by atoms with E-state index in [1.807, 2.05) is 0 Å². The molecule has 0 aromatic rings. The number of rotatable bonds is 8. The topological polar surface area (TPSA) is 42.9 Å². The van der Waals surface area contributed by atoms with Crippen LogP contribution < -0.4 is 10.6 Å². The van der Waals surface area contributed by atoms with Gasteiger partial charge in [-0.1, -0.05) is 13.8 Å². The molecule has 2 saturated heterocycles. The number of nitrogens with zero attached hydrogens (tertiary/aromatic N) is 3. The minimum absolute atomic E-state index is 0. The van der Waals surface area contributed by atoms with E-state index < -0.39 is 0 Å². The third-order valence-electron chi connectivity index (χ3n) is 5.49. The molecule has 0 aliphatic carbocycles. The van der Waals surface area contributed by atoms with Gasteiger partial charge in [-0.05, 0) is 77.2 Å². The van der Waals surface area contributed by atoms with Crippen LogP contribution in [0.2, 0.25) is 0 Å². The Balaban J connectivity index is 0.00000312. The van der Waals surface area contributed by atoms with Gasteiger partial charge in [-0.2, -0.15) is 0 Å². The van der Waals surface area contributed by atoms with E-state index in [4.69, 9.17) is 4.99 Å². The molecule has 0 bridgehead atoms. The zero-order valence-electron chi connectivity index (χ0n) is 16.6. The second-order valence-corrected chi connectivity index (χ2v) is 7.57. The average Bonchev–Trinajstić information content (AvgIpc) is 3.06. The van der Waals surface area contributed by atoms with E-state index in [0.29, 0.717) is 0 Å². The van der Waals surface area contributed by atoms with Crippen molar-refractivity contribution in [1.82, 2.24) is 20.4 Å². The summed E-state index contributed by atoms with van der Waals surface area (Å²) in [5.41, 5.74) is 0. The second kappa shape index (κ2) is 13.1. The maximum atomic E-state index is 4.81. The van der Waals surface area contributed by atoms with Gasteiger partial charge in [-0.25, -0.2) is 0 Å². The molecule has 2 rings (SSSR count). The van der Waals surface area contributed by atoms with E-state index in [1.54, 1.807) is 0 Å². The van der Waals surface area contributed by atoms with Gasteiger partial charge in [0.1, 0.15) is 0 Å². The Morgan fingerprint density at radius 3 is 2.40 bits per heavy atom. The standard InChI is InChI=1S/C19H39N5.HI/c1-4-20-19(22-15-18-9-14-23(5-2)16-18)21-10-6-11-24-12-7-17(3)8-13-24;/h17-18H,4-16H2,1-3H3,(H2,20,21,22);1H. The zero-order chi connectivity index (χ0) is 17.2. The second-order valence-electron chi connectivity index (χ2n) is 7.57. The summed E-state index contributed by atoms with van der Waals surface area (Å²) in [4.78, 5) is 9.96. The molecular weight excluding hydrogens is 425 g/mol. The highest BCUT2D eigenvalue weighted by Crippen LogP contribution is 2.16. The van der Waals surface area contributed by atoms with Crippen molar-refractivity contribution in [3.05, 3.63) is 0 Å². The van der Waals surface area contributed by atoms with Gasteiger partial charge >= 0.3 is 0 Å². The summed E-state index contributed by atoms with van der Waals surface area (Å²) in [5, 5.41) is 6.90. The first-order chi connectivity index (χ1) is 11.7. The minimum Gasteiger partial charge on any atom is -0.357 e. The van der Waals surface area contributed by atoms with Crippen LogP contribution >= 0.6 is 24.0 Å². The Hall–Kier alpha value is -0.0800. The first-order valence-corrected chi connectivity index (χ1v) is 10.2.